The Morgan fingerprint density at radius 2 is 2.27 bits per heavy atom. The first-order valence-electron chi connectivity index (χ1n) is 8.92. The molecule has 1 saturated heterocycles. The average molecular weight is 353 g/mol. The molecule has 1 aliphatic heterocycles. The number of nitrogens with zero attached hydrogens (tertiary/aromatic N) is 5. The van der Waals surface area contributed by atoms with E-state index >= 15 is 0 Å². The van der Waals surface area contributed by atoms with Gasteiger partial charge in [0, 0.05) is 56.7 Å². The van der Waals surface area contributed by atoms with Gasteiger partial charge in [-0.2, -0.15) is 5.10 Å². The molecule has 0 aliphatic carbocycles. The second kappa shape index (κ2) is 6.87. The van der Waals surface area contributed by atoms with Crippen molar-refractivity contribution in [3.63, 3.8) is 0 Å². The van der Waals surface area contributed by atoms with Crippen LogP contribution in [0.15, 0.2) is 29.5 Å². The summed E-state index contributed by atoms with van der Waals surface area (Å²) in [6, 6.07) is 2.47. The molecule has 136 valence electrons. The molecule has 0 saturated carbocycles. The topological polar surface area (TPSA) is 91.7 Å². The molecule has 3 aromatic rings. The molecule has 3 aromatic heterocycles. The van der Waals surface area contributed by atoms with Gasteiger partial charge in [-0.1, -0.05) is 0 Å². The number of aromatic nitrogens is 5. The number of aryl methyl sites for hydroxylation is 2. The van der Waals surface area contributed by atoms with E-state index in [1.165, 1.54) is 0 Å². The lowest BCUT2D eigenvalue weighted by atomic mass is 10.1. The van der Waals surface area contributed by atoms with Gasteiger partial charge < -0.3 is 15.2 Å². The molecule has 0 amide bonds. The molecule has 4 rings (SSSR count). The lowest BCUT2D eigenvalue weighted by Crippen LogP contribution is -2.47. The summed E-state index contributed by atoms with van der Waals surface area (Å²) in [5.41, 5.74) is 2.91. The van der Waals surface area contributed by atoms with Gasteiger partial charge in [-0.05, 0) is 31.4 Å². The Morgan fingerprint density at radius 3 is 3.12 bits per heavy atom. The maximum atomic E-state index is 12.0. The molecule has 0 spiro atoms. The van der Waals surface area contributed by atoms with Crippen LogP contribution in [0.1, 0.15) is 24.1 Å². The lowest BCUT2D eigenvalue weighted by Gasteiger charge is -2.33. The second-order valence-corrected chi connectivity index (χ2v) is 6.83. The van der Waals surface area contributed by atoms with Gasteiger partial charge in [0.15, 0.2) is 11.5 Å². The first-order valence-corrected chi connectivity index (χ1v) is 8.92. The first-order chi connectivity index (χ1) is 12.6. The maximum Gasteiger partial charge on any atom is 0.290 e. The van der Waals surface area contributed by atoms with E-state index in [1.54, 1.807) is 12.4 Å². The number of aromatic amines is 1. The molecule has 26 heavy (non-hydrogen) atoms. The molecule has 0 bridgehead atoms. The third-order valence-electron chi connectivity index (χ3n) is 4.92. The van der Waals surface area contributed by atoms with Gasteiger partial charge in [-0.15, -0.1) is 0 Å². The van der Waals surface area contributed by atoms with Gasteiger partial charge in [-0.25, -0.2) is 9.97 Å². The minimum atomic E-state index is -0.130. The molecule has 1 fully saturated rings. The molecule has 1 atom stereocenters. The summed E-state index contributed by atoms with van der Waals surface area (Å²) in [7, 11) is 1.91. The van der Waals surface area contributed by atoms with Crippen molar-refractivity contribution < 1.29 is 0 Å². The minimum absolute atomic E-state index is 0.130. The SMILES string of the molecule is Cc1nn(C)c2ncc(CN[C@@H]3CCCN(c4ncc[nH]c4=O)C3)cc12. The Hall–Kier alpha value is -2.74. The highest BCUT2D eigenvalue weighted by atomic mass is 16.1. The number of rotatable bonds is 4. The minimum Gasteiger partial charge on any atom is -0.350 e. The van der Waals surface area contributed by atoms with Crippen molar-refractivity contribution in [1.29, 1.82) is 0 Å². The maximum absolute atomic E-state index is 12.0. The van der Waals surface area contributed by atoms with Crippen LogP contribution in [0.4, 0.5) is 5.82 Å². The van der Waals surface area contributed by atoms with Crippen LogP contribution >= 0.6 is 0 Å². The number of H-pyrrole nitrogens is 1. The molecular formula is C18H23N7O. The van der Waals surface area contributed by atoms with E-state index in [1.807, 2.05) is 24.9 Å². The van der Waals surface area contributed by atoms with Crippen LogP contribution in [0.5, 0.6) is 0 Å². The predicted octanol–water partition coefficient (Wildman–Crippen LogP) is 1.12. The van der Waals surface area contributed by atoms with Crippen molar-refractivity contribution in [2.45, 2.75) is 32.4 Å². The van der Waals surface area contributed by atoms with Crippen LogP contribution in [-0.4, -0.2) is 43.9 Å². The van der Waals surface area contributed by atoms with Crippen molar-refractivity contribution >= 4 is 16.9 Å². The molecule has 8 nitrogen and oxygen atoms in total. The number of hydrogen-bond donors (Lipinski definition) is 2. The summed E-state index contributed by atoms with van der Waals surface area (Å²) in [5, 5.41) is 9.11. The molecule has 0 unspecified atom stereocenters. The van der Waals surface area contributed by atoms with Crippen LogP contribution in [0, 0.1) is 6.92 Å². The molecule has 1 aliphatic rings. The Labute approximate surface area is 151 Å². The molecular weight excluding hydrogens is 330 g/mol. The van der Waals surface area contributed by atoms with E-state index in [4.69, 9.17) is 0 Å². The van der Waals surface area contributed by atoms with Gasteiger partial charge in [0.05, 0.1) is 5.69 Å². The fraction of sp³-hybridized carbons (Fsp3) is 0.444. The van der Waals surface area contributed by atoms with Crippen LogP contribution in [0.3, 0.4) is 0 Å². The Kier molecular flexibility index (Phi) is 4.42. The van der Waals surface area contributed by atoms with E-state index in [0.717, 1.165) is 54.8 Å². The van der Waals surface area contributed by atoms with Crippen molar-refractivity contribution in [1.82, 2.24) is 30.0 Å². The van der Waals surface area contributed by atoms with E-state index in [9.17, 15) is 4.79 Å². The largest absolute Gasteiger partial charge is 0.350 e. The fourth-order valence-corrected chi connectivity index (χ4v) is 3.62. The van der Waals surface area contributed by atoms with Crippen LogP contribution < -0.4 is 15.8 Å². The Morgan fingerprint density at radius 1 is 1.38 bits per heavy atom. The van der Waals surface area contributed by atoms with E-state index in [2.05, 4.69) is 36.3 Å². The average Bonchev–Trinajstić information content (AvgIpc) is 2.94. The number of nitrogens with one attached hydrogen (secondary N) is 2. The first kappa shape index (κ1) is 16.7. The number of pyridine rings is 1. The predicted molar refractivity (Wildman–Crippen MR) is 100 cm³/mol. The van der Waals surface area contributed by atoms with E-state index in [0.29, 0.717) is 11.9 Å². The zero-order valence-corrected chi connectivity index (χ0v) is 15.1. The quantitative estimate of drug-likeness (QED) is 0.730. The smallest absolute Gasteiger partial charge is 0.290 e. The van der Waals surface area contributed by atoms with Gasteiger partial charge in [0.1, 0.15) is 0 Å². The monoisotopic (exact) mass is 353 g/mol. The normalized spacial score (nSPS) is 17.8. The number of piperidine rings is 1. The van der Waals surface area contributed by atoms with Crippen molar-refractivity contribution in [3.05, 3.63) is 46.3 Å². The highest BCUT2D eigenvalue weighted by Gasteiger charge is 2.22. The third kappa shape index (κ3) is 3.20. The van der Waals surface area contributed by atoms with Crippen LogP contribution in [0.25, 0.3) is 11.0 Å². The van der Waals surface area contributed by atoms with Gasteiger partial charge in [0.25, 0.3) is 5.56 Å². The van der Waals surface area contributed by atoms with Crippen molar-refractivity contribution in [2.75, 3.05) is 18.0 Å². The molecule has 2 N–H and O–H groups in total. The second-order valence-electron chi connectivity index (χ2n) is 6.83. The summed E-state index contributed by atoms with van der Waals surface area (Å²) in [5.74, 6) is 0.507. The summed E-state index contributed by atoms with van der Waals surface area (Å²) in [4.78, 5) is 25.5. The van der Waals surface area contributed by atoms with Crippen LogP contribution in [0.2, 0.25) is 0 Å². The third-order valence-corrected chi connectivity index (χ3v) is 4.92. The molecule has 4 heterocycles. The fourth-order valence-electron chi connectivity index (χ4n) is 3.62. The van der Waals surface area contributed by atoms with E-state index < -0.39 is 0 Å². The number of anilines is 1. The van der Waals surface area contributed by atoms with Gasteiger partial charge in [-0.3, -0.25) is 9.48 Å². The molecule has 0 aromatic carbocycles. The summed E-state index contributed by atoms with van der Waals surface area (Å²) in [6.07, 6.45) is 7.22. The van der Waals surface area contributed by atoms with Gasteiger partial charge >= 0.3 is 0 Å². The molecule has 8 heteroatoms. The zero-order valence-electron chi connectivity index (χ0n) is 15.1. The van der Waals surface area contributed by atoms with E-state index in [-0.39, 0.29) is 5.56 Å². The Balaban J connectivity index is 1.44. The number of fused-ring (bicyclic) bond motifs is 1. The van der Waals surface area contributed by atoms with Crippen molar-refractivity contribution in [3.8, 4) is 0 Å². The highest BCUT2D eigenvalue weighted by Crippen LogP contribution is 2.18. The standard InChI is InChI=1S/C18H23N7O/c1-12-15-8-13(10-22-16(15)24(2)23-12)9-21-14-4-3-7-25(11-14)17-18(26)20-6-5-19-17/h5-6,8,10,14,21H,3-4,7,9,11H2,1-2H3,(H,20,26)/t14-/m1/s1. The lowest BCUT2D eigenvalue weighted by molar-refractivity contribution is 0.419. The highest BCUT2D eigenvalue weighted by molar-refractivity contribution is 5.78. The summed E-state index contributed by atoms with van der Waals surface area (Å²) < 4.78 is 1.81. The summed E-state index contributed by atoms with van der Waals surface area (Å²) in [6.45, 7) is 4.39. The van der Waals surface area contributed by atoms with Crippen LogP contribution in [-0.2, 0) is 13.6 Å². The molecule has 0 radical (unpaired) electrons. The zero-order chi connectivity index (χ0) is 18.1. The summed E-state index contributed by atoms with van der Waals surface area (Å²) >= 11 is 0. The van der Waals surface area contributed by atoms with Gasteiger partial charge in [0.2, 0.25) is 0 Å². The Bertz CT molecular complexity index is 977. The van der Waals surface area contributed by atoms with Crippen molar-refractivity contribution in [2.24, 2.45) is 7.05 Å². The number of hydrogen-bond acceptors (Lipinski definition) is 6.